The zero-order chi connectivity index (χ0) is 15.7. The van der Waals surface area contributed by atoms with E-state index in [1.807, 2.05) is 6.20 Å². The van der Waals surface area contributed by atoms with Crippen LogP contribution in [0.2, 0.25) is 0 Å². The first-order valence-corrected chi connectivity index (χ1v) is 8.92. The van der Waals surface area contributed by atoms with Crippen LogP contribution in [0.15, 0.2) is 23.7 Å². The number of aromatic nitrogens is 2. The molecule has 3 heterocycles. The topological polar surface area (TPSA) is 63.8 Å². The van der Waals surface area contributed by atoms with Crippen molar-refractivity contribution in [1.82, 2.24) is 10.2 Å². The maximum absolute atomic E-state index is 6.18. The van der Waals surface area contributed by atoms with Crippen molar-refractivity contribution in [3.05, 3.63) is 39.0 Å². The third kappa shape index (κ3) is 3.29. The van der Waals surface area contributed by atoms with Crippen LogP contribution >= 0.6 is 22.7 Å². The van der Waals surface area contributed by atoms with Gasteiger partial charge in [-0.3, -0.25) is 0 Å². The van der Waals surface area contributed by atoms with Crippen molar-refractivity contribution < 1.29 is 0 Å². The molecule has 22 heavy (non-hydrogen) atoms. The van der Waals surface area contributed by atoms with E-state index in [2.05, 4.69) is 53.8 Å². The number of nitrogens with one attached hydrogen (secondary N) is 1. The van der Waals surface area contributed by atoms with Gasteiger partial charge in [-0.05, 0) is 44.2 Å². The highest BCUT2D eigenvalue weighted by atomic mass is 32.1. The predicted molar refractivity (Wildman–Crippen MR) is 95.8 cm³/mol. The lowest BCUT2D eigenvalue weighted by molar-refractivity contribution is 0.520. The third-order valence-electron chi connectivity index (χ3n) is 3.45. The Morgan fingerprint density at radius 1 is 1.36 bits per heavy atom. The van der Waals surface area contributed by atoms with E-state index in [0.29, 0.717) is 0 Å². The van der Waals surface area contributed by atoms with Gasteiger partial charge in [-0.2, -0.15) is 5.10 Å². The Labute approximate surface area is 138 Å². The maximum Gasteiger partial charge on any atom is 0.109 e. The minimum atomic E-state index is -0.219. The number of hydrogen-bond donors (Lipinski definition) is 2. The molecule has 0 aliphatic rings. The number of nitrogens with two attached hydrogens (primary N) is 1. The number of anilines is 1. The standard InChI is InChI=1S/C16H20N4S2/c1-10-13(7-16(2,3)17)22-15-12(9-19-20-14(10)15)18-8-11-5-4-6-21-11/h4-6,9H,7-8,17H2,1-3H3,(H,18,20). The fraction of sp³-hybridized carbons (Fsp3) is 0.375. The number of fused-ring (bicyclic) bond motifs is 1. The Morgan fingerprint density at radius 2 is 2.18 bits per heavy atom. The highest BCUT2D eigenvalue weighted by molar-refractivity contribution is 7.19. The Bertz CT molecular complexity index is 769. The fourth-order valence-corrected chi connectivity index (χ4v) is 4.47. The molecule has 0 saturated carbocycles. The molecule has 0 aromatic carbocycles. The quantitative estimate of drug-likeness (QED) is 0.742. The van der Waals surface area contributed by atoms with E-state index in [1.54, 1.807) is 22.7 Å². The minimum Gasteiger partial charge on any atom is -0.378 e. The van der Waals surface area contributed by atoms with E-state index in [9.17, 15) is 0 Å². The number of thiophene rings is 2. The lowest BCUT2D eigenvalue weighted by Gasteiger charge is -2.17. The van der Waals surface area contributed by atoms with Crippen molar-refractivity contribution in [3.63, 3.8) is 0 Å². The van der Waals surface area contributed by atoms with Crippen LogP contribution in [0, 0.1) is 6.92 Å². The van der Waals surface area contributed by atoms with Gasteiger partial charge in [0.05, 0.1) is 16.6 Å². The van der Waals surface area contributed by atoms with E-state index in [-0.39, 0.29) is 5.54 Å². The molecule has 0 aliphatic carbocycles. The van der Waals surface area contributed by atoms with Gasteiger partial charge in [0.15, 0.2) is 0 Å². The summed E-state index contributed by atoms with van der Waals surface area (Å²) in [5.41, 5.74) is 9.19. The van der Waals surface area contributed by atoms with E-state index >= 15 is 0 Å². The molecule has 6 heteroatoms. The Hall–Kier alpha value is -1.50. The van der Waals surface area contributed by atoms with Crippen LogP contribution in [0.25, 0.3) is 10.2 Å². The van der Waals surface area contributed by atoms with Gasteiger partial charge in [-0.25, -0.2) is 0 Å². The molecule has 0 fully saturated rings. The molecule has 4 nitrogen and oxygen atoms in total. The summed E-state index contributed by atoms with van der Waals surface area (Å²) in [4.78, 5) is 2.60. The summed E-state index contributed by atoms with van der Waals surface area (Å²) in [6.07, 6.45) is 2.66. The maximum atomic E-state index is 6.18. The zero-order valence-corrected chi connectivity index (χ0v) is 14.6. The normalized spacial score (nSPS) is 12.0. The summed E-state index contributed by atoms with van der Waals surface area (Å²) >= 11 is 3.53. The zero-order valence-electron chi connectivity index (χ0n) is 13.0. The molecule has 3 N–H and O–H groups in total. The molecular formula is C16H20N4S2. The molecule has 0 amide bonds. The summed E-state index contributed by atoms with van der Waals surface area (Å²) in [5.74, 6) is 0. The smallest absolute Gasteiger partial charge is 0.109 e. The van der Waals surface area contributed by atoms with Gasteiger partial charge in [-0.1, -0.05) is 6.07 Å². The summed E-state index contributed by atoms with van der Waals surface area (Å²) < 4.78 is 1.17. The molecule has 3 aromatic heterocycles. The molecule has 0 bridgehead atoms. The van der Waals surface area contributed by atoms with Crippen molar-refractivity contribution >= 4 is 38.6 Å². The van der Waals surface area contributed by atoms with Crippen LogP contribution in [0.4, 0.5) is 5.69 Å². The van der Waals surface area contributed by atoms with E-state index < -0.39 is 0 Å². The molecule has 0 spiro atoms. The van der Waals surface area contributed by atoms with Crippen molar-refractivity contribution in [2.75, 3.05) is 5.32 Å². The number of nitrogens with zero attached hydrogens (tertiary/aromatic N) is 2. The SMILES string of the molecule is Cc1c(CC(C)(C)N)sc2c(NCc3cccs3)cnnc12. The Kier molecular flexibility index (Phi) is 4.16. The molecule has 0 unspecified atom stereocenters. The van der Waals surface area contributed by atoms with E-state index in [4.69, 9.17) is 5.73 Å². The van der Waals surface area contributed by atoms with Gasteiger partial charge in [0.2, 0.25) is 0 Å². The van der Waals surface area contributed by atoms with Crippen molar-refractivity contribution in [1.29, 1.82) is 0 Å². The van der Waals surface area contributed by atoms with Crippen LogP contribution in [0.3, 0.4) is 0 Å². The Morgan fingerprint density at radius 3 is 2.86 bits per heavy atom. The highest BCUT2D eigenvalue weighted by Crippen LogP contribution is 2.35. The van der Waals surface area contributed by atoms with Crippen molar-refractivity contribution in [3.8, 4) is 0 Å². The number of rotatable bonds is 5. The molecule has 116 valence electrons. The first kappa shape index (κ1) is 15.4. The largest absolute Gasteiger partial charge is 0.378 e. The van der Waals surface area contributed by atoms with Crippen LogP contribution in [0.5, 0.6) is 0 Å². The highest BCUT2D eigenvalue weighted by Gasteiger charge is 2.19. The molecular weight excluding hydrogens is 312 g/mol. The monoisotopic (exact) mass is 332 g/mol. The Balaban J connectivity index is 1.92. The van der Waals surface area contributed by atoms with Crippen LogP contribution in [-0.4, -0.2) is 15.7 Å². The van der Waals surface area contributed by atoms with E-state index in [0.717, 1.165) is 24.2 Å². The second-order valence-corrected chi connectivity index (χ2v) is 8.32. The molecule has 0 saturated heterocycles. The van der Waals surface area contributed by atoms with Gasteiger partial charge < -0.3 is 11.1 Å². The third-order valence-corrected chi connectivity index (χ3v) is 5.64. The number of aryl methyl sites for hydroxylation is 1. The molecule has 3 aromatic rings. The lowest BCUT2D eigenvalue weighted by Crippen LogP contribution is -2.34. The van der Waals surface area contributed by atoms with Gasteiger partial charge in [0.1, 0.15) is 5.52 Å². The summed E-state index contributed by atoms with van der Waals surface area (Å²) in [5, 5.41) is 14.0. The van der Waals surface area contributed by atoms with Gasteiger partial charge in [-0.15, -0.1) is 27.8 Å². The molecule has 3 rings (SSSR count). The first-order valence-electron chi connectivity index (χ1n) is 7.23. The summed E-state index contributed by atoms with van der Waals surface area (Å²) in [7, 11) is 0. The van der Waals surface area contributed by atoms with Crippen molar-refractivity contribution in [2.45, 2.75) is 39.3 Å². The summed E-state index contributed by atoms with van der Waals surface area (Å²) in [6, 6.07) is 4.20. The second kappa shape index (κ2) is 5.95. The average molecular weight is 332 g/mol. The van der Waals surface area contributed by atoms with Crippen LogP contribution in [0.1, 0.15) is 29.2 Å². The lowest BCUT2D eigenvalue weighted by atomic mass is 9.99. The van der Waals surface area contributed by atoms with Crippen molar-refractivity contribution in [2.24, 2.45) is 5.73 Å². The predicted octanol–water partition coefficient (Wildman–Crippen LogP) is 3.95. The second-order valence-electron chi connectivity index (χ2n) is 6.18. The molecule has 0 aliphatic heterocycles. The minimum absolute atomic E-state index is 0.219. The average Bonchev–Trinajstić information content (AvgIpc) is 3.05. The van der Waals surface area contributed by atoms with Gasteiger partial charge >= 0.3 is 0 Å². The van der Waals surface area contributed by atoms with Crippen LogP contribution < -0.4 is 11.1 Å². The van der Waals surface area contributed by atoms with Gasteiger partial charge in [0, 0.05) is 21.8 Å². The molecule has 0 radical (unpaired) electrons. The van der Waals surface area contributed by atoms with E-state index in [1.165, 1.54) is 20.0 Å². The molecule has 0 atom stereocenters. The van der Waals surface area contributed by atoms with Crippen LogP contribution in [-0.2, 0) is 13.0 Å². The number of hydrogen-bond acceptors (Lipinski definition) is 6. The summed E-state index contributed by atoms with van der Waals surface area (Å²) in [6.45, 7) is 7.03. The first-order chi connectivity index (χ1) is 10.4. The van der Waals surface area contributed by atoms with Gasteiger partial charge in [0.25, 0.3) is 0 Å². The fourth-order valence-electron chi connectivity index (χ4n) is 2.36.